The first kappa shape index (κ1) is 14.6. The normalized spacial score (nSPS) is 27.2. The summed E-state index contributed by atoms with van der Waals surface area (Å²) < 4.78 is 1.02. The van der Waals surface area contributed by atoms with Crippen molar-refractivity contribution in [3.8, 4) is 0 Å². The number of hydrogen-bond donors (Lipinski definition) is 1. The molecule has 0 saturated heterocycles. The van der Waals surface area contributed by atoms with Crippen LogP contribution in [-0.4, -0.2) is 11.1 Å². The molecule has 1 aliphatic carbocycles. The Kier molecular flexibility index (Phi) is 4.67. The minimum absolute atomic E-state index is 0.560. The molecule has 0 spiro atoms. The number of aliphatic carboxylic acids is 1. The van der Waals surface area contributed by atoms with E-state index < -0.39 is 11.4 Å². The van der Waals surface area contributed by atoms with Crippen molar-refractivity contribution in [2.24, 2.45) is 11.3 Å². The summed E-state index contributed by atoms with van der Waals surface area (Å²) in [6.07, 6.45) is 5.52. The summed E-state index contributed by atoms with van der Waals surface area (Å²) in [4.78, 5) is 11.8. The first-order chi connectivity index (χ1) is 9.07. The van der Waals surface area contributed by atoms with E-state index in [4.69, 9.17) is 0 Å². The maximum atomic E-state index is 11.8. The van der Waals surface area contributed by atoms with E-state index in [1.165, 1.54) is 6.42 Å². The molecule has 1 fully saturated rings. The second-order valence-corrected chi connectivity index (χ2v) is 6.56. The van der Waals surface area contributed by atoms with Crippen LogP contribution in [0.5, 0.6) is 0 Å². The minimum Gasteiger partial charge on any atom is -0.481 e. The number of carbonyl (C=O) groups is 1. The molecule has 0 bridgehead atoms. The molecule has 1 N–H and O–H groups in total. The zero-order valence-corrected chi connectivity index (χ0v) is 12.9. The van der Waals surface area contributed by atoms with Gasteiger partial charge in [-0.05, 0) is 49.7 Å². The Bertz CT molecular complexity index is 448. The Morgan fingerprint density at radius 2 is 2.00 bits per heavy atom. The fourth-order valence-corrected chi connectivity index (χ4v) is 3.54. The van der Waals surface area contributed by atoms with Crippen molar-refractivity contribution in [2.75, 3.05) is 0 Å². The fraction of sp³-hybridized carbons (Fsp3) is 0.562. The van der Waals surface area contributed by atoms with Gasteiger partial charge in [0.1, 0.15) is 0 Å². The van der Waals surface area contributed by atoms with Gasteiger partial charge < -0.3 is 5.11 Å². The number of hydrogen-bond acceptors (Lipinski definition) is 1. The number of benzene rings is 1. The van der Waals surface area contributed by atoms with Crippen molar-refractivity contribution in [3.05, 3.63) is 34.3 Å². The summed E-state index contributed by atoms with van der Waals surface area (Å²) >= 11 is 3.53. The molecule has 0 radical (unpaired) electrons. The molecule has 2 nitrogen and oxygen atoms in total. The van der Waals surface area contributed by atoms with Gasteiger partial charge in [0.05, 0.1) is 5.41 Å². The van der Waals surface area contributed by atoms with E-state index in [1.807, 2.05) is 24.3 Å². The van der Waals surface area contributed by atoms with E-state index in [2.05, 4.69) is 22.9 Å². The molecule has 104 valence electrons. The summed E-state index contributed by atoms with van der Waals surface area (Å²) in [5.41, 5.74) is 0.551. The number of carboxylic acid groups (broad SMARTS) is 1. The van der Waals surface area contributed by atoms with Gasteiger partial charge in [-0.2, -0.15) is 0 Å². The number of carboxylic acids is 1. The van der Waals surface area contributed by atoms with Crippen molar-refractivity contribution < 1.29 is 9.90 Å². The maximum absolute atomic E-state index is 11.8. The summed E-state index contributed by atoms with van der Waals surface area (Å²) in [6.45, 7) is 2.20. The lowest BCUT2D eigenvalue weighted by atomic mass is 9.67. The molecule has 1 aromatic rings. The summed E-state index contributed by atoms with van der Waals surface area (Å²) in [6, 6.07) is 7.96. The van der Waals surface area contributed by atoms with Crippen molar-refractivity contribution in [1.82, 2.24) is 0 Å². The Balaban J connectivity index is 2.18. The molecule has 0 unspecified atom stereocenters. The predicted octanol–water partition coefficient (Wildman–Crippen LogP) is 4.66. The van der Waals surface area contributed by atoms with Crippen LogP contribution in [0.25, 0.3) is 0 Å². The van der Waals surface area contributed by atoms with E-state index in [-0.39, 0.29) is 0 Å². The molecular weight excluding hydrogens is 304 g/mol. The highest BCUT2D eigenvalue weighted by molar-refractivity contribution is 9.10. The van der Waals surface area contributed by atoms with Crippen molar-refractivity contribution in [3.63, 3.8) is 0 Å². The molecule has 1 saturated carbocycles. The van der Waals surface area contributed by atoms with Gasteiger partial charge >= 0.3 is 5.97 Å². The van der Waals surface area contributed by atoms with E-state index in [0.717, 1.165) is 35.7 Å². The Hall–Kier alpha value is -0.830. The van der Waals surface area contributed by atoms with Crippen LogP contribution in [-0.2, 0) is 11.2 Å². The van der Waals surface area contributed by atoms with Gasteiger partial charge in [-0.15, -0.1) is 0 Å². The van der Waals surface area contributed by atoms with Gasteiger partial charge in [-0.3, -0.25) is 4.79 Å². The zero-order valence-electron chi connectivity index (χ0n) is 11.4. The van der Waals surface area contributed by atoms with Crippen molar-refractivity contribution >= 4 is 21.9 Å². The number of halogens is 1. The van der Waals surface area contributed by atoms with Crippen LogP contribution >= 0.6 is 15.9 Å². The molecule has 0 aliphatic heterocycles. The SMILES string of the molecule is CCC1CCC(Cc2ccccc2Br)(C(=O)O)CC1. The van der Waals surface area contributed by atoms with Gasteiger partial charge in [0.2, 0.25) is 0 Å². The van der Waals surface area contributed by atoms with Crippen LogP contribution in [0.2, 0.25) is 0 Å². The van der Waals surface area contributed by atoms with E-state index in [0.29, 0.717) is 12.3 Å². The smallest absolute Gasteiger partial charge is 0.309 e. The van der Waals surface area contributed by atoms with Gasteiger partial charge in [0, 0.05) is 4.47 Å². The third kappa shape index (κ3) is 3.19. The van der Waals surface area contributed by atoms with Crippen molar-refractivity contribution in [2.45, 2.75) is 45.4 Å². The zero-order chi connectivity index (χ0) is 13.9. The minimum atomic E-state index is -0.627. The topological polar surface area (TPSA) is 37.3 Å². The van der Waals surface area contributed by atoms with Crippen LogP contribution in [0, 0.1) is 11.3 Å². The monoisotopic (exact) mass is 324 g/mol. The van der Waals surface area contributed by atoms with Gasteiger partial charge in [0.25, 0.3) is 0 Å². The molecule has 0 atom stereocenters. The molecule has 1 aromatic carbocycles. The van der Waals surface area contributed by atoms with E-state index in [1.54, 1.807) is 0 Å². The summed E-state index contributed by atoms with van der Waals surface area (Å²) in [5.74, 6) is 0.0875. The molecule has 2 rings (SSSR count). The number of rotatable bonds is 4. The Morgan fingerprint density at radius 3 is 2.53 bits per heavy atom. The molecule has 19 heavy (non-hydrogen) atoms. The van der Waals surface area contributed by atoms with Crippen LogP contribution in [0.15, 0.2) is 28.7 Å². The molecule has 0 aromatic heterocycles. The summed E-state index contributed by atoms with van der Waals surface area (Å²) in [7, 11) is 0. The van der Waals surface area contributed by atoms with E-state index >= 15 is 0 Å². The van der Waals surface area contributed by atoms with E-state index in [9.17, 15) is 9.90 Å². The first-order valence-electron chi connectivity index (χ1n) is 7.04. The fourth-order valence-electron chi connectivity index (χ4n) is 3.11. The van der Waals surface area contributed by atoms with Crippen molar-refractivity contribution in [1.29, 1.82) is 0 Å². The lowest BCUT2D eigenvalue weighted by molar-refractivity contribution is -0.151. The second kappa shape index (κ2) is 6.08. The molecule has 0 amide bonds. The third-order valence-corrected chi connectivity index (χ3v) is 5.35. The average molecular weight is 325 g/mol. The Morgan fingerprint density at radius 1 is 1.37 bits per heavy atom. The largest absolute Gasteiger partial charge is 0.481 e. The van der Waals surface area contributed by atoms with Gasteiger partial charge in [0.15, 0.2) is 0 Å². The van der Waals surface area contributed by atoms with Crippen LogP contribution < -0.4 is 0 Å². The third-order valence-electron chi connectivity index (χ3n) is 4.58. The Labute approximate surface area is 123 Å². The standard InChI is InChI=1S/C16H21BrO2/c1-2-12-7-9-16(10-8-12,15(18)19)11-13-5-3-4-6-14(13)17/h3-6,12H,2,7-11H2,1H3,(H,18,19). The molecule has 0 heterocycles. The highest BCUT2D eigenvalue weighted by atomic mass is 79.9. The van der Waals surface area contributed by atoms with Crippen LogP contribution in [0.3, 0.4) is 0 Å². The lowest BCUT2D eigenvalue weighted by Gasteiger charge is -2.37. The molecular formula is C16H21BrO2. The highest BCUT2D eigenvalue weighted by Crippen LogP contribution is 2.43. The predicted molar refractivity (Wildman–Crippen MR) is 80.2 cm³/mol. The quantitative estimate of drug-likeness (QED) is 0.874. The van der Waals surface area contributed by atoms with Gasteiger partial charge in [-0.25, -0.2) is 0 Å². The molecule has 1 aliphatic rings. The highest BCUT2D eigenvalue weighted by Gasteiger charge is 2.41. The average Bonchev–Trinajstić information content (AvgIpc) is 2.42. The lowest BCUT2D eigenvalue weighted by Crippen LogP contribution is -2.37. The first-order valence-corrected chi connectivity index (χ1v) is 7.83. The maximum Gasteiger partial charge on any atom is 0.309 e. The van der Waals surface area contributed by atoms with Crippen LogP contribution in [0.1, 0.15) is 44.6 Å². The summed E-state index contributed by atoms with van der Waals surface area (Å²) in [5, 5.41) is 9.68. The molecule has 3 heteroatoms. The van der Waals surface area contributed by atoms with Crippen LogP contribution in [0.4, 0.5) is 0 Å². The van der Waals surface area contributed by atoms with Gasteiger partial charge in [-0.1, -0.05) is 47.5 Å². The second-order valence-electron chi connectivity index (χ2n) is 5.71.